The van der Waals surface area contributed by atoms with E-state index < -0.39 is 0 Å². The van der Waals surface area contributed by atoms with E-state index in [0.29, 0.717) is 12.2 Å². The summed E-state index contributed by atoms with van der Waals surface area (Å²) in [6.07, 6.45) is 4.33. The number of hydrogen-bond donors (Lipinski definition) is 0. The number of Topliss-reactive ketones (excluding diaryl/α,β-unsaturated/α-hetero) is 1. The van der Waals surface area contributed by atoms with Gasteiger partial charge in [0.05, 0.1) is 13.2 Å². The molecule has 0 unspecified atom stereocenters. The second-order valence-corrected chi connectivity index (χ2v) is 7.47. The molecule has 0 atom stereocenters. The highest BCUT2D eigenvalue weighted by molar-refractivity contribution is 9.10. The standard InChI is InChI=1S/C22H25BrN2O2.BrH/c1-2-27-20-13-7-17(8-14-20)21(26)16-25(19-11-9-18(23)10-12-19)22-6-4-3-5-15-24-22;/h7-14H,2-6,15-16H2,1H3;1H. The molecule has 1 aliphatic heterocycles. The Morgan fingerprint density at radius 1 is 1.07 bits per heavy atom. The number of ketones is 1. The van der Waals surface area contributed by atoms with Crippen molar-refractivity contribution < 1.29 is 9.53 Å². The minimum absolute atomic E-state index is 0. The summed E-state index contributed by atoms with van der Waals surface area (Å²) in [7, 11) is 0. The molecule has 0 saturated heterocycles. The number of halogens is 2. The second-order valence-electron chi connectivity index (χ2n) is 6.55. The van der Waals surface area contributed by atoms with E-state index in [2.05, 4.69) is 20.8 Å². The Morgan fingerprint density at radius 2 is 1.79 bits per heavy atom. The van der Waals surface area contributed by atoms with Crippen molar-refractivity contribution in [2.75, 3.05) is 24.6 Å². The van der Waals surface area contributed by atoms with Crippen molar-refractivity contribution in [3.8, 4) is 5.75 Å². The Hall–Kier alpha value is -1.66. The first kappa shape index (κ1) is 22.6. The van der Waals surface area contributed by atoms with E-state index in [-0.39, 0.29) is 29.3 Å². The zero-order valence-corrected chi connectivity index (χ0v) is 19.4. The van der Waals surface area contributed by atoms with Crippen molar-refractivity contribution in [3.05, 3.63) is 58.6 Å². The largest absolute Gasteiger partial charge is 0.494 e. The molecular weight excluding hydrogens is 484 g/mol. The van der Waals surface area contributed by atoms with Gasteiger partial charge in [-0.1, -0.05) is 22.4 Å². The fourth-order valence-electron chi connectivity index (χ4n) is 3.17. The minimum atomic E-state index is 0. The van der Waals surface area contributed by atoms with Gasteiger partial charge in [0.15, 0.2) is 5.78 Å². The predicted octanol–water partition coefficient (Wildman–Crippen LogP) is 6.09. The van der Waals surface area contributed by atoms with Crippen LogP contribution in [-0.2, 0) is 0 Å². The summed E-state index contributed by atoms with van der Waals surface area (Å²) in [6.45, 7) is 3.68. The first-order valence-electron chi connectivity index (χ1n) is 9.50. The lowest BCUT2D eigenvalue weighted by Gasteiger charge is -2.25. The van der Waals surface area contributed by atoms with Crippen LogP contribution in [0, 0.1) is 0 Å². The molecule has 28 heavy (non-hydrogen) atoms. The average molecular weight is 510 g/mol. The molecule has 0 saturated carbocycles. The van der Waals surface area contributed by atoms with E-state index in [4.69, 9.17) is 9.73 Å². The van der Waals surface area contributed by atoms with Gasteiger partial charge in [0, 0.05) is 28.7 Å². The molecule has 3 rings (SSSR count). The molecule has 1 heterocycles. The maximum Gasteiger partial charge on any atom is 0.182 e. The van der Waals surface area contributed by atoms with E-state index in [0.717, 1.165) is 47.6 Å². The number of carbonyl (C=O) groups is 1. The van der Waals surface area contributed by atoms with Crippen molar-refractivity contribution in [3.63, 3.8) is 0 Å². The van der Waals surface area contributed by atoms with E-state index in [1.54, 1.807) is 0 Å². The predicted molar refractivity (Wildman–Crippen MR) is 125 cm³/mol. The third-order valence-corrected chi connectivity index (χ3v) is 5.12. The molecule has 0 fully saturated rings. The molecule has 6 heteroatoms. The molecule has 150 valence electrons. The number of rotatable bonds is 6. The van der Waals surface area contributed by atoms with E-state index in [1.165, 1.54) is 6.42 Å². The topological polar surface area (TPSA) is 41.9 Å². The van der Waals surface area contributed by atoms with Crippen LogP contribution < -0.4 is 9.64 Å². The highest BCUT2D eigenvalue weighted by atomic mass is 79.9. The van der Waals surface area contributed by atoms with Crippen molar-refractivity contribution >= 4 is 50.2 Å². The molecule has 2 aromatic carbocycles. The Morgan fingerprint density at radius 3 is 2.46 bits per heavy atom. The molecule has 0 N–H and O–H groups in total. The van der Waals surface area contributed by atoms with Crippen molar-refractivity contribution in [1.29, 1.82) is 0 Å². The molecule has 0 aromatic heterocycles. The third kappa shape index (κ3) is 6.17. The minimum Gasteiger partial charge on any atom is -0.494 e. The molecular formula is C22H26Br2N2O2. The Balaban J connectivity index is 0.00000280. The summed E-state index contributed by atoms with van der Waals surface area (Å²) in [6, 6.07) is 15.4. The van der Waals surface area contributed by atoms with E-state index in [9.17, 15) is 4.79 Å². The quantitative estimate of drug-likeness (QED) is 0.442. The van der Waals surface area contributed by atoms with Gasteiger partial charge in [0.2, 0.25) is 0 Å². The van der Waals surface area contributed by atoms with Gasteiger partial charge in [-0.3, -0.25) is 9.79 Å². The average Bonchev–Trinajstić information content (AvgIpc) is 2.97. The zero-order chi connectivity index (χ0) is 19.1. The molecule has 0 amide bonds. The fourth-order valence-corrected chi connectivity index (χ4v) is 3.43. The van der Waals surface area contributed by atoms with Crippen molar-refractivity contribution in [2.45, 2.75) is 32.6 Å². The maximum atomic E-state index is 12.9. The van der Waals surface area contributed by atoms with E-state index >= 15 is 0 Å². The number of hydrogen-bond acceptors (Lipinski definition) is 4. The highest BCUT2D eigenvalue weighted by Crippen LogP contribution is 2.23. The van der Waals surface area contributed by atoms with Gasteiger partial charge in [-0.05, 0) is 68.3 Å². The van der Waals surface area contributed by atoms with Crippen molar-refractivity contribution in [2.24, 2.45) is 4.99 Å². The van der Waals surface area contributed by atoms with Gasteiger partial charge >= 0.3 is 0 Å². The number of benzene rings is 2. The van der Waals surface area contributed by atoms with Crippen molar-refractivity contribution in [1.82, 2.24) is 0 Å². The zero-order valence-electron chi connectivity index (χ0n) is 16.1. The van der Waals surface area contributed by atoms with Crippen LogP contribution in [0.5, 0.6) is 5.75 Å². The number of ether oxygens (including phenoxy) is 1. The van der Waals surface area contributed by atoms with Gasteiger partial charge in [-0.2, -0.15) is 0 Å². The van der Waals surface area contributed by atoms with Gasteiger partial charge < -0.3 is 9.64 Å². The lowest BCUT2D eigenvalue weighted by atomic mass is 10.1. The fraction of sp³-hybridized carbons (Fsp3) is 0.364. The molecule has 2 aromatic rings. The third-order valence-electron chi connectivity index (χ3n) is 4.59. The molecule has 1 aliphatic rings. The van der Waals surface area contributed by atoms with Gasteiger partial charge in [0.1, 0.15) is 11.6 Å². The number of amidine groups is 1. The van der Waals surface area contributed by atoms with E-state index in [1.807, 2.05) is 55.5 Å². The number of aliphatic imine (C=N–C) groups is 1. The van der Waals surface area contributed by atoms with Crippen LogP contribution in [-0.4, -0.2) is 31.3 Å². The molecule has 0 aliphatic carbocycles. The van der Waals surface area contributed by atoms with Crippen LogP contribution >= 0.6 is 32.9 Å². The monoisotopic (exact) mass is 508 g/mol. The summed E-state index contributed by atoms with van der Waals surface area (Å²) in [5.74, 6) is 1.87. The van der Waals surface area contributed by atoms with Crippen LogP contribution in [0.25, 0.3) is 0 Å². The van der Waals surface area contributed by atoms with Gasteiger partial charge in [-0.15, -0.1) is 17.0 Å². The molecule has 0 bridgehead atoms. The Labute approximate surface area is 185 Å². The Bertz CT molecular complexity index is 789. The number of nitrogens with zero attached hydrogens (tertiary/aromatic N) is 2. The van der Waals surface area contributed by atoms with Gasteiger partial charge in [-0.25, -0.2) is 0 Å². The summed E-state index contributed by atoms with van der Waals surface area (Å²) in [4.78, 5) is 19.8. The normalized spacial score (nSPS) is 13.7. The van der Waals surface area contributed by atoms with Crippen LogP contribution in [0.1, 0.15) is 43.0 Å². The van der Waals surface area contributed by atoms with Crippen LogP contribution in [0.2, 0.25) is 0 Å². The SMILES string of the molecule is Br.CCOc1ccc(C(=O)CN(C2=NCCCCC2)c2ccc(Br)cc2)cc1. The summed E-state index contributed by atoms with van der Waals surface area (Å²) in [5, 5.41) is 0. The van der Waals surface area contributed by atoms with Crippen LogP contribution in [0.3, 0.4) is 0 Å². The van der Waals surface area contributed by atoms with Crippen LogP contribution in [0.4, 0.5) is 5.69 Å². The summed E-state index contributed by atoms with van der Waals surface area (Å²) < 4.78 is 6.49. The Kier molecular flexibility index (Phi) is 9.19. The highest BCUT2D eigenvalue weighted by Gasteiger charge is 2.19. The second kappa shape index (κ2) is 11.4. The lowest BCUT2D eigenvalue weighted by Crippen LogP contribution is -2.36. The molecule has 4 nitrogen and oxygen atoms in total. The molecule has 0 radical (unpaired) electrons. The lowest BCUT2D eigenvalue weighted by molar-refractivity contribution is 0.100. The number of carbonyl (C=O) groups excluding carboxylic acids is 1. The summed E-state index contributed by atoms with van der Waals surface area (Å²) in [5.41, 5.74) is 1.69. The smallest absolute Gasteiger partial charge is 0.182 e. The van der Waals surface area contributed by atoms with Gasteiger partial charge in [0.25, 0.3) is 0 Å². The first-order chi connectivity index (χ1) is 13.2. The summed E-state index contributed by atoms with van der Waals surface area (Å²) >= 11 is 3.48. The molecule has 0 spiro atoms. The van der Waals surface area contributed by atoms with Crippen LogP contribution in [0.15, 0.2) is 58.0 Å². The first-order valence-corrected chi connectivity index (χ1v) is 10.3. The maximum absolute atomic E-state index is 12.9. The number of anilines is 1.